The predicted octanol–water partition coefficient (Wildman–Crippen LogP) is 6.18. The van der Waals surface area contributed by atoms with Crippen LogP contribution in [-0.4, -0.2) is 43.3 Å². The molecule has 0 aliphatic carbocycles. The van der Waals surface area contributed by atoms with E-state index in [1.54, 1.807) is 12.1 Å². The van der Waals surface area contributed by atoms with Crippen molar-refractivity contribution in [3.05, 3.63) is 94.0 Å². The van der Waals surface area contributed by atoms with Crippen LogP contribution in [0.25, 0.3) is 0 Å². The summed E-state index contributed by atoms with van der Waals surface area (Å²) in [5.41, 5.74) is 3.58. The first-order chi connectivity index (χ1) is 19.1. The number of hydrogen-bond donors (Lipinski definition) is 1. The summed E-state index contributed by atoms with van der Waals surface area (Å²) >= 11 is 6.03. The van der Waals surface area contributed by atoms with Crippen molar-refractivity contribution in [3.8, 4) is 0 Å². The van der Waals surface area contributed by atoms with Crippen molar-refractivity contribution in [3.63, 3.8) is 0 Å². The first kappa shape index (κ1) is 32.2. The Kier molecular flexibility index (Phi) is 10.3. The second kappa shape index (κ2) is 13.1. The molecule has 0 fully saturated rings. The Morgan fingerprint density at radius 3 is 2.10 bits per heavy atom. The van der Waals surface area contributed by atoms with E-state index in [1.165, 1.54) is 29.2 Å². The highest BCUT2D eigenvalue weighted by atomic mass is 35.5. The second-order valence-electron chi connectivity index (χ2n) is 11.3. The van der Waals surface area contributed by atoms with Gasteiger partial charge in [0, 0.05) is 17.1 Å². The quantitative estimate of drug-likeness (QED) is 0.302. The summed E-state index contributed by atoms with van der Waals surface area (Å²) in [5, 5.41) is 3.39. The van der Waals surface area contributed by atoms with Crippen LogP contribution in [0.1, 0.15) is 56.4 Å². The van der Waals surface area contributed by atoms with Crippen LogP contribution in [0.4, 0.5) is 5.69 Å². The molecule has 1 N–H and O–H groups in total. The molecule has 0 bridgehead atoms. The summed E-state index contributed by atoms with van der Waals surface area (Å²) < 4.78 is 29.1. The van der Waals surface area contributed by atoms with E-state index in [0.29, 0.717) is 17.1 Å². The molecule has 0 saturated carbocycles. The monoisotopic (exact) mass is 597 g/mol. The number of hydrogen-bond acceptors (Lipinski definition) is 4. The van der Waals surface area contributed by atoms with Gasteiger partial charge in [0.2, 0.25) is 11.8 Å². The third-order valence-corrected chi connectivity index (χ3v) is 8.99. The maximum absolute atomic E-state index is 14.2. The van der Waals surface area contributed by atoms with Gasteiger partial charge in [-0.25, -0.2) is 8.42 Å². The van der Waals surface area contributed by atoms with Crippen LogP contribution in [-0.2, 0) is 26.2 Å². The minimum atomic E-state index is -4.16. The highest BCUT2D eigenvalue weighted by molar-refractivity contribution is 7.92. The average molecular weight is 598 g/mol. The van der Waals surface area contributed by atoms with Gasteiger partial charge in [0.05, 0.1) is 10.6 Å². The van der Waals surface area contributed by atoms with Crippen LogP contribution in [0.2, 0.25) is 5.02 Å². The Morgan fingerprint density at radius 2 is 1.54 bits per heavy atom. The number of carbonyl (C=O) groups is 2. The molecule has 3 aromatic rings. The molecular formula is C32H40ClN3O4S. The zero-order valence-electron chi connectivity index (χ0n) is 24.9. The highest BCUT2D eigenvalue weighted by Crippen LogP contribution is 2.27. The van der Waals surface area contributed by atoms with Gasteiger partial charge in [-0.3, -0.25) is 13.9 Å². The van der Waals surface area contributed by atoms with Crippen LogP contribution >= 0.6 is 11.6 Å². The van der Waals surface area contributed by atoms with Gasteiger partial charge in [0.15, 0.2) is 0 Å². The molecule has 0 unspecified atom stereocenters. The summed E-state index contributed by atoms with van der Waals surface area (Å²) in [6.45, 7) is 12.9. The standard InChI is InChI=1S/C32H40ClN3O4S/c1-8-29(31(38)34-32(5,6)7)35(20-25-12-10-9-11-23(25)3)30(37)21-36(27-16-13-22(2)24(4)19-27)41(39,40)28-17-14-26(33)15-18-28/h9-19,29H,8,20-21H2,1-7H3,(H,34,38)/t29-/m0/s1. The van der Waals surface area contributed by atoms with Gasteiger partial charge < -0.3 is 10.2 Å². The van der Waals surface area contributed by atoms with Crippen molar-refractivity contribution in [2.75, 3.05) is 10.8 Å². The molecule has 41 heavy (non-hydrogen) atoms. The minimum Gasteiger partial charge on any atom is -0.350 e. The number of amides is 2. The van der Waals surface area contributed by atoms with Crippen molar-refractivity contribution < 1.29 is 18.0 Å². The molecule has 0 aliphatic rings. The summed E-state index contributed by atoms with van der Waals surface area (Å²) in [5.74, 6) is -0.778. The van der Waals surface area contributed by atoms with Crippen molar-refractivity contribution in [1.82, 2.24) is 10.2 Å². The SMILES string of the molecule is CC[C@@H](C(=O)NC(C)(C)C)N(Cc1ccccc1C)C(=O)CN(c1ccc(C)c(C)c1)S(=O)(=O)c1ccc(Cl)cc1. The Labute approximate surface area is 249 Å². The van der Waals surface area contributed by atoms with Crippen molar-refractivity contribution in [2.45, 2.75) is 77.9 Å². The molecule has 0 spiro atoms. The van der Waals surface area contributed by atoms with Crippen molar-refractivity contribution in [2.24, 2.45) is 0 Å². The van der Waals surface area contributed by atoms with Gasteiger partial charge in [-0.1, -0.05) is 48.9 Å². The first-order valence-corrected chi connectivity index (χ1v) is 15.5. The van der Waals surface area contributed by atoms with Crippen LogP contribution in [0.15, 0.2) is 71.6 Å². The maximum Gasteiger partial charge on any atom is 0.264 e. The molecule has 7 nitrogen and oxygen atoms in total. The van der Waals surface area contributed by atoms with Gasteiger partial charge in [-0.2, -0.15) is 0 Å². The smallest absolute Gasteiger partial charge is 0.264 e. The number of halogens is 1. The lowest BCUT2D eigenvalue weighted by atomic mass is 10.0. The maximum atomic E-state index is 14.2. The molecule has 1 atom stereocenters. The molecule has 3 aromatic carbocycles. The van der Waals surface area contributed by atoms with E-state index in [1.807, 2.05) is 78.8 Å². The molecule has 0 saturated heterocycles. The van der Waals surface area contributed by atoms with E-state index in [0.717, 1.165) is 26.6 Å². The fourth-order valence-corrected chi connectivity index (χ4v) is 6.02. The number of carbonyl (C=O) groups excluding carboxylic acids is 2. The van der Waals surface area contributed by atoms with E-state index in [2.05, 4.69) is 5.32 Å². The summed E-state index contributed by atoms with van der Waals surface area (Å²) in [6.07, 6.45) is 0.354. The minimum absolute atomic E-state index is 0.0101. The van der Waals surface area contributed by atoms with Crippen molar-refractivity contribution >= 4 is 39.1 Å². The van der Waals surface area contributed by atoms with Gasteiger partial charge in [0.1, 0.15) is 12.6 Å². The molecule has 0 heterocycles. The predicted molar refractivity (Wildman–Crippen MR) is 166 cm³/mol. The molecule has 2 amide bonds. The second-order valence-corrected chi connectivity index (χ2v) is 13.6. The lowest BCUT2D eigenvalue weighted by Crippen LogP contribution is -2.55. The number of aryl methyl sites for hydroxylation is 3. The molecule has 0 aromatic heterocycles. The Balaban J connectivity index is 2.11. The van der Waals surface area contributed by atoms with E-state index in [4.69, 9.17) is 11.6 Å². The van der Waals surface area contributed by atoms with Crippen LogP contribution in [0.5, 0.6) is 0 Å². The zero-order valence-corrected chi connectivity index (χ0v) is 26.4. The van der Waals surface area contributed by atoms with Crippen LogP contribution in [0.3, 0.4) is 0 Å². The average Bonchev–Trinajstić information content (AvgIpc) is 2.89. The van der Waals surface area contributed by atoms with E-state index in [9.17, 15) is 18.0 Å². The van der Waals surface area contributed by atoms with E-state index in [-0.39, 0.29) is 17.3 Å². The van der Waals surface area contributed by atoms with Gasteiger partial charge in [0.25, 0.3) is 10.0 Å². The summed E-state index contributed by atoms with van der Waals surface area (Å²) in [7, 11) is -4.16. The topological polar surface area (TPSA) is 86.8 Å². The Bertz CT molecular complexity index is 1500. The Hall–Kier alpha value is -3.36. The largest absolute Gasteiger partial charge is 0.350 e. The molecule has 3 rings (SSSR count). The van der Waals surface area contributed by atoms with Gasteiger partial charge >= 0.3 is 0 Å². The fraction of sp³-hybridized carbons (Fsp3) is 0.375. The van der Waals surface area contributed by atoms with Gasteiger partial charge in [-0.15, -0.1) is 0 Å². The lowest BCUT2D eigenvalue weighted by molar-refractivity contribution is -0.141. The van der Waals surface area contributed by atoms with Crippen LogP contribution in [0, 0.1) is 20.8 Å². The lowest BCUT2D eigenvalue weighted by Gasteiger charge is -2.35. The number of anilines is 1. The first-order valence-electron chi connectivity index (χ1n) is 13.7. The third kappa shape index (κ3) is 8.11. The van der Waals surface area contributed by atoms with E-state index >= 15 is 0 Å². The van der Waals surface area contributed by atoms with Gasteiger partial charge in [-0.05, 0) is 107 Å². The van der Waals surface area contributed by atoms with Crippen molar-refractivity contribution in [1.29, 1.82) is 0 Å². The molecule has 220 valence electrons. The normalized spacial score (nSPS) is 12.5. The molecule has 0 aliphatic heterocycles. The number of benzene rings is 3. The molecule has 9 heteroatoms. The molecular weight excluding hydrogens is 558 g/mol. The fourth-order valence-electron chi connectivity index (χ4n) is 4.49. The molecule has 0 radical (unpaired) electrons. The van der Waals surface area contributed by atoms with E-state index < -0.39 is 34.1 Å². The summed E-state index contributed by atoms with van der Waals surface area (Å²) in [6, 6.07) is 18.0. The number of rotatable bonds is 10. The number of nitrogens with zero attached hydrogens (tertiary/aromatic N) is 2. The Morgan fingerprint density at radius 1 is 0.902 bits per heavy atom. The van der Waals surface area contributed by atoms with Crippen LogP contribution < -0.4 is 9.62 Å². The summed E-state index contributed by atoms with van der Waals surface area (Å²) in [4.78, 5) is 29.2. The highest BCUT2D eigenvalue weighted by Gasteiger charge is 2.34. The number of sulfonamides is 1. The zero-order chi connectivity index (χ0) is 30.5. The number of nitrogens with one attached hydrogen (secondary N) is 1. The third-order valence-electron chi connectivity index (χ3n) is 6.95.